The summed E-state index contributed by atoms with van der Waals surface area (Å²) in [7, 11) is 0. The standard InChI is InChI=1S/C16H24N2O3/c1-12(2)17-11-7-10-14(19)18-16(3,15(20)21)13-8-5-4-6-9-13/h4-6,8-9,12,17H,7,10-11H2,1-3H3,(H,18,19)(H,20,21). The number of carbonyl (C=O) groups is 2. The van der Waals surface area contributed by atoms with E-state index < -0.39 is 11.5 Å². The number of hydrogen-bond donors (Lipinski definition) is 3. The monoisotopic (exact) mass is 292 g/mol. The lowest BCUT2D eigenvalue weighted by molar-refractivity contribution is -0.147. The van der Waals surface area contributed by atoms with Gasteiger partial charge in [-0.25, -0.2) is 4.79 Å². The molecule has 1 unspecified atom stereocenters. The molecule has 116 valence electrons. The van der Waals surface area contributed by atoms with Crippen molar-refractivity contribution in [3.63, 3.8) is 0 Å². The van der Waals surface area contributed by atoms with Gasteiger partial charge in [0.1, 0.15) is 0 Å². The molecule has 21 heavy (non-hydrogen) atoms. The Morgan fingerprint density at radius 2 is 1.86 bits per heavy atom. The Kier molecular flexibility index (Phi) is 6.37. The molecule has 0 aliphatic carbocycles. The maximum atomic E-state index is 12.0. The van der Waals surface area contributed by atoms with E-state index in [0.717, 1.165) is 6.54 Å². The Hall–Kier alpha value is -1.88. The molecule has 1 atom stereocenters. The van der Waals surface area contributed by atoms with E-state index in [-0.39, 0.29) is 5.91 Å². The van der Waals surface area contributed by atoms with E-state index in [4.69, 9.17) is 0 Å². The number of benzene rings is 1. The molecule has 0 fully saturated rings. The van der Waals surface area contributed by atoms with Gasteiger partial charge < -0.3 is 15.7 Å². The van der Waals surface area contributed by atoms with Crippen molar-refractivity contribution < 1.29 is 14.7 Å². The fourth-order valence-corrected chi connectivity index (χ4v) is 2.00. The molecule has 0 saturated heterocycles. The Balaban J connectivity index is 2.63. The van der Waals surface area contributed by atoms with Gasteiger partial charge in [0.2, 0.25) is 5.91 Å². The highest BCUT2D eigenvalue weighted by Gasteiger charge is 2.36. The molecular weight excluding hydrogens is 268 g/mol. The van der Waals surface area contributed by atoms with E-state index in [1.807, 2.05) is 19.9 Å². The van der Waals surface area contributed by atoms with Crippen LogP contribution in [0.5, 0.6) is 0 Å². The van der Waals surface area contributed by atoms with Crippen molar-refractivity contribution in [2.75, 3.05) is 6.54 Å². The highest BCUT2D eigenvalue weighted by atomic mass is 16.4. The van der Waals surface area contributed by atoms with Gasteiger partial charge in [-0.1, -0.05) is 44.2 Å². The topological polar surface area (TPSA) is 78.4 Å². The highest BCUT2D eigenvalue weighted by molar-refractivity contribution is 5.87. The van der Waals surface area contributed by atoms with E-state index in [2.05, 4.69) is 10.6 Å². The quantitative estimate of drug-likeness (QED) is 0.639. The Morgan fingerprint density at radius 1 is 1.24 bits per heavy atom. The van der Waals surface area contributed by atoms with Gasteiger partial charge in [0.25, 0.3) is 0 Å². The van der Waals surface area contributed by atoms with Crippen LogP contribution in [0, 0.1) is 0 Å². The molecule has 0 saturated carbocycles. The van der Waals surface area contributed by atoms with Crippen LogP contribution < -0.4 is 10.6 Å². The summed E-state index contributed by atoms with van der Waals surface area (Å²) in [5.41, 5.74) is -0.838. The molecule has 0 aliphatic rings. The van der Waals surface area contributed by atoms with Crippen molar-refractivity contribution in [2.24, 2.45) is 0 Å². The first-order valence-corrected chi connectivity index (χ1v) is 7.19. The summed E-state index contributed by atoms with van der Waals surface area (Å²) in [4.78, 5) is 23.5. The maximum absolute atomic E-state index is 12.0. The summed E-state index contributed by atoms with van der Waals surface area (Å²) < 4.78 is 0. The number of amides is 1. The van der Waals surface area contributed by atoms with Gasteiger partial charge in [-0.3, -0.25) is 4.79 Å². The minimum absolute atomic E-state index is 0.255. The smallest absolute Gasteiger partial charge is 0.333 e. The van der Waals surface area contributed by atoms with Crippen molar-refractivity contribution in [1.29, 1.82) is 0 Å². The van der Waals surface area contributed by atoms with Gasteiger partial charge in [0, 0.05) is 12.5 Å². The molecule has 0 spiro atoms. The number of nitrogens with one attached hydrogen (secondary N) is 2. The first kappa shape index (κ1) is 17.2. The molecule has 1 aromatic rings. The third-order valence-corrected chi connectivity index (χ3v) is 3.30. The zero-order chi connectivity index (χ0) is 15.9. The summed E-state index contributed by atoms with van der Waals surface area (Å²) in [5, 5.41) is 15.3. The van der Waals surface area contributed by atoms with Crippen LogP contribution in [0.3, 0.4) is 0 Å². The van der Waals surface area contributed by atoms with Crippen LogP contribution in [0.4, 0.5) is 0 Å². The summed E-state index contributed by atoms with van der Waals surface area (Å²) in [5.74, 6) is -1.32. The molecule has 0 aromatic heterocycles. The second-order valence-corrected chi connectivity index (χ2v) is 5.56. The normalized spacial score (nSPS) is 13.7. The van der Waals surface area contributed by atoms with Crippen LogP contribution in [0.2, 0.25) is 0 Å². The number of carbonyl (C=O) groups excluding carboxylic acids is 1. The third kappa shape index (κ3) is 5.19. The van der Waals surface area contributed by atoms with Crippen LogP contribution in [0.25, 0.3) is 0 Å². The average molecular weight is 292 g/mol. The molecule has 1 amide bonds. The second kappa shape index (κ2) is 7.78. The van der Waals surface area contributed by atoms with Crippen LogP contribution >= 0.6 is 0 Å². The van der Waals surface area contributed by atoms with Crippen molar-refractivity contribution in [3.05, 3.63) is 35.9 Å². The third-order valence-electron chi connectivity index (χ3n) is 3.30. The van der Waals surface area contributed by atoms with E-state index in [1.54, 1.807) is 24.3 Å². The Labute approximate surface area is 125 Å². The lowest BCUT2D eigenvalue weighted by Gasteiger charge is -2.26. The van der Waals surface area contributed by atoms with Gasteiger partial charge in [-0.05, 0) is 25.5 Å². The lowest BCUT2D eigenvalue weighted by Crippen LogP contribution is -2.49. The predicted molar refractivity (Wildman–Crippen MR) is 81.9 cm³/mol. The van der Waals surface area contributed by atoms with E-state index in [9.17, 15) is 14.7 Å². The number of hydrogen-bond acceptors (Lipinski definition) is 3. The Morgan fingerprint density at radius 3 is 2.38 bits per heavy atom. The Bertz CT molecular complexity index is 474. The van der Waals surface area contributed by atoms with Crippen LogP contribution in [-0.4, -0.2) is 29.6 Å². The molecule has 0 heterocycles. The van der Waals surface area contributed by atoms with Gasteiger partial charge in [-0.2, -0.15) is 0 Å². The van der Waals surface area contributed by atoms with E-state index in [0.29, 0.717) is 24.4 Å². The minimum atomic E-state index is -1.40. The molecule has 5 nitrogen and oxygen atoms in total. The number of aliphatic carboxylic acids is 1. The summed E-state index contributed by atoms with van der Waals surface area (Å²) in [6.07, 6.45) is 0.976. The average Bonchev–Trinajstić information content (AvgIpc) is 2.44. The number of carboxylic acids is 1. The van der Waals surface area contributed by atoms with Crippen molar-refractivity contribution in [2.45, 2.75) is 45.2 Å². The second-order valence-electron chi connectivity index (χ2n) is 5.56. The first-order valence-electron chi connectivity index (χ1n) is 7.19. The van der Waals surface area contributed by atoms with Gasteiger partial charge in [0.05, 0.1) is 0 Å². The molecular formula is C16H24N2O3. The molecule has 0 aliphatic heterocycles. The summed E-state index contributed by atoms with van der Waals surface area (Å²) in [6.45, 7) is 6.32. The largest absolute Gasteiger partial charge is 0.479 e. The number of carboxylic acid groups (broad SMARTS) is 1. The summed E-state index contributed by atoms with van der Waals surface area (Å²) in [6, 6.07) is 9.11. The minimum Gasteiger partial charge on any atom is -0.479 e. The van der Waals surface area contributed by atoms with E-state index >= 15 is 0 Å². The molecule has 1 rings (SSSR count). The first-order chi connectivity index (χ1) is 9.86. The zero-order valence-corrected chi connectivity index (χ0v) is 12.8. The number of rotatable bonds is 8. The molecule has 0 radical (unpaired) electrons. The van der Waals surface area contributed by atoms with Crippen LogP contribution in [-0.2, 0) is 15.1 Å². The van der Waals surface area contributed by atoms with Gasteiger partial charge in [-0.15, -0.1) is 0 Å². The van der Waals surface area contributed by atoms with Crippen LogP contribution in [0.1, 0.15) is 39.2 Å². The highest BCUT2D eigenvalue weighted by Crippen LogP contribution is 2.21. The molecule has 1 aromatic carbocycles. The van der Waals surface area contributed by atoms with Crippen molar-refractivity contribution >= 4 is 11.9 Å². The fraction of sp³-hybridized carbons (Fsp3) is 0.500. The lowest BCUT2D eigenvalue weighted by atomic mass is 9.92. The molecule has 3 N–H and O–H groups in total. The molecule has 0 bridgehead atoms. The van der Waals surface area contributed by atoms with Crippen molar-refractivity contribution in [1.82, 2.24) is 10.6 Å². The summed E-state index contributed by atoms with van der Waals surface area (Å²) >= 11 is 0. The SMILES string of the molecule is CC(C)NCCCC(=O)NC(C)(C(=O)O)c1ccccc1. The van der Waals surface area contributed by atoms with Gasteiger partial charge in [0.15, 0.2) is 5.54 Å². The fourth-order valence-electron chi connectivity index (χ4n) is 2.00. The maximum Gasteiger partial charge on any atom is 0.333 e. The predicted octanol–water partition coefficient (Wildman–Crippen LogP) is 1.88. The van der Waals surface area contributed by atoms with Crippen molar-refractivity contribution in [3.8, 4) is 0 Å². The van der Waals surface area contributed by atoms with E-state index in [1.165, 1.54) is 6.92 Å². The zero-order valence-electron chi connectivity index (χ0n) is 12.8. The van der Waals surface area contributed by atoms with Gasteiger partial charge >= 0.3 is 5.97 Å². The molecule has 5 heteroatoms. The van der Waals surface area contributed by atoms with Crippen LogP contribution in [0.15, 0.2) is 30.3 Å².